The molecule has 0 saturated carbocycles. The first-order chi connectivity index (χ1) is 15.4. The van der Waals surface area contributed by atoms with E-state index in [2.05, 4.69) is 15.0 Å². The molecule has 3 aromatic heterocycles. The molecule has 1 amide bonds. The Morgan fingerprint density at radius 3 is 2.59 bits per heavy atom. The number of aromatic nitrogens is 4. The summed E-state index contributed by atoms with van der Waals surface area (Å²) in [6.45, 7) is 6.74. The third-order valence-electron chi connectivity index (χ3n) is 5.29. The number of aryl methyl sites for hydroxylation is 1. The van der Waals surface area contributed by atoms with Crippen molar-refractivity contribution in [1.29, 1.82) is 0 Å². The molecule has 9 nitrogen and oxygen atoms in total. The molecule has 0 radical (unpaired) electrons. The van der Waals surface area contributed by atoms with Crippen LogP contribution < -0.4 is 9.47 Å². The van der Waals surface area contributed by atoms with E-state index in [9.17, 15) is 4.79 Å². The van der Waals surface area contributed by atoms with E-state index >= 15 is 0 Å². The Morgan fingerprint density at radius 1 is 1.12 bits per heavy atom. The standard InChI is InChI=1S/C23H27N5O4/c1-14(2)31-23(29)28-11-8-16(9-12-28)32-22-18-7-10-24-13-19(18)26-21(27-22)17-5-6-20(30-4)25-15(17)3/h5-7,10,13-14,16H,8-9,11-12H2,1-4H3. The lowest BCUT2D eigenvalue weighted by atomic mass is 10.1. The van der Waals surface area contributed by atoms with Crippen molar-refractivity contribution in [2.24, 2.45) is 0 Å². The molecule has 3 aromatic rings. The number of nitrogens with zero attached hydrogens (tertiary/aromatic N) is 5. The second-order valence-electron chi connectivity index (χ2n) is 7.97. The van der Waals surface area contributed by atoms with Crippen molar-refractivity contribution < 1.29 is 19.0 Å². The Balaban J connectivity index is 1.57. The molecule has 4 rings (SSSR count). The minimum Gasteiger partial charge on any atom is -0.481 e. The molecule has 9 heteroatoms. The van der Waals surface area contributed by atoms with Crippen molar-refractivity contribution in [3.8, 4) is 23.1 Å². The van der Waals surface area contributed by atoms with Crippen LogP contribution >= 0.6 is 0 Å². The van der Waals surface area contributed by atoms with Crippen molar-refractivity contribution in [2.45, 2.75) is 45.8 Å². The SMILES string of the molecule is COc1ccc(-c2nc(OC3CCN(C(=O)OC(C)C)CC3)c3ccncc3n2)c(C)n1. The van der Waals surface area contributed by atoms with Crippen molar-refractivity contribution in [2.75, 3.05) is 20.2 Å². The fourth-order valence-corrected chi connectivity index (χ4v) is 3.64. The smallest absolute Gasteiger partial charge is 0.410 e. The highest BCUT2D eigenvalue weighted by Crippen LogP contribution is 2.30. The summed E-state index contributed by atoms with van der Waals surface area (Å²) in [6, 6.07) is 5.52. The van der Waals surface area contributed by atoms with Gasteiger partial charge in [0.1, 0.15) is 6.10 Å². The van der Waals surface area contributed by atoms with Crippen LogP contribution in [0.4, 0.5) is 4.79 Å². The second-order valence-corrected chi connectivity index (χ2v) is 7.97. The molecule has 1 aliphatic rings. The number of amides is 1. The first kappa shape index (κ1) is 21.7. The van der Waals surface area contributed by atoms with E-state index in [1.165, 1.54) is 0 Å². The van der Waals surface area contributed by atoms with Crippen LogP contribution in [0, 0.1) is 6.92 Å². The van der Waals surface area contributed by atoms with E-state index in [1.807, 2.05) is 32.9 Å². The molecule has 32 heavy (non-hydrogen) atoms. The molecule has 0 atom stereocenters. The van der Waals surface area contributed by atoms with E-state index in [1.54, 1.807) is 30.5 Å². The fraction of sp³-hybridized carbons (Fsp3) is 0.435. The summed E-state index contributed by atoms with van der Waals surface area (Å²) in [5.74, 6) is 1.56. The monoisotopic (exact) mass is 437 g/mol. The van der Waals surface area contributed by atoms with Crippen molar-refractivity contribution in [3.05, 3.63) is 36.3 Å². The van der Waals surface area contributed by atoms with Crippen LogP contribution in [0.1, 0.15) is 32.4 Å². The molecular weight excluding hydrogens is 410 g/mol. The van der Waals surface area contributed by atoms with E-state index in [0.717, 1.165) is 16.6 Å². The Morgan fingerprint density at radius 2 is 1.91 bits per heavy atom. The third kappa shape index (κ3) is 4.71. The zero-order valence-electron chi connectivity index (χ0n) is 18.7. The van der Waals surface area contributed by atoms with E-state index in [4.69, 9.17) is 19.2 Å². The number of carbonyl (C=O) groups is 1. The van der Waals surface area contributed by atoms with Crippen LogP contribution in [0.5, 0.6) is 11.8 Å². The van der Waals surface area contributed by atoms with Crippen LogP contribution in [0.25, 0.3) is 22.3 Å². The Kier molecular flexibility index (Phi) is 6.34. The lowest BCUT2D eigenvalue weighted by Gasteiger charge is -2.31. The van der Waals surface area contributed by atoms with E-state index < -0.39 is 0 Å². The van der Waals surface area contributed by atoms with Gasteiger partial charge in [-0.1, -0.05) is 0 Å². The van der Waals surface area contributed by atoms with E-state index in [-0.39, 0.29) is 18.3 Å². The maximum absolute atomic E-state index is 12.1. The molecule has 0 aromatic carbocycles. The highest BCUT2D eigenvalue weighted by molar-refractivity contribution is 5.84. The van der Waals surface area contributed by atoms with Gasteiger partial charge in [0, 0.05) is 43.8 Å². The number of methoxy groups -OCH3 is 1. The zero-order chi connectivity index (χ0) is 22.7. The van der Waals surface area contributed by atoms with Crippen LogP contribution in [0.2, 0.25) is 0 Å². The summed E-state index contributed by atoms with van der Waals surface area (Å²) >= 11 is 0. The number of fused-ring (bicyclic) bond motifs is 1. The number of piperidine rings is 1. The summed E-state index contributed by atoms with van der Waals surface area (Å²) in [5, 5.41) is 0.796. The summed E-state index contributed by atoms with van der Waals surface area (Å²) in [5.41, 5.74) is 2.25. The maximum Gasteiger partial charge on any atom is 0.410 e. The van der Waals surface area contributed by atoms with Gasteiger partial charge in [-0.3, -0.25) is 4.98 Å². The minimum absolute atomic E-state index is 0.0627. The molecule has 0 bridgehead atoms. The number of ether oxygens (including phenoxy) is 3. The predicted octanol–water partition coefficient (Wildman–Crippen LogP) is 3.79. The minimum atomic E-state index is -0.276. The van der Waals surface area contributed by atoms with Gasteiger partial charge in [-0.15, -0.1) is 0 Å². The highest BCUT2D eigenvalue weighted by Gasteiger charge is 2.26. The molecular formula is C23H27N5O4. The summed E-state index contributed by atoms with van der Waals surface area (Å²) < 4.78 is 16.8. The van der Waals surface area contributed by atoms with Crippen molar-refractivity contribution in [3.63, 3.8) is 0 Å². The van der Waals surface area contributed by atoms with Crippen molar-refractivity contribution in [1.82, 2.24) is 24.8 Å². The zero-order valence-corrected chi connectivity index (χ0v) is 18.7. The number of hydrogen-bond donors (Lipinski definition) is 0. The van der Waals surface area contributed by atoms with Crippen LogP contribution in [0.15, 0.2) is 30.6 Å². The van der Waals surface area contributed by atoms with Crippen LogP contribution in [-0.4, -0.2) is 63.3 Å². The Hall–Kier alpha value is -3.49. The number of hydrogen-bond acceptors (Lipinski definition) is 8. The lowest BCUT2D eigenvalue weighted by Crippen LogP contribution is -2.42. The average molecular weight is 438 g/mol. The van der Waals surface area contributed by atoms with Gasteiger partial charge in [-0.25, -0.2) is 14.8 Å². The molecule has 0 unspecified atom stereocenters. The van der Waals surface area contributed by atoms with Gasteiger partial charge in [-0.2, -0.15) is 4.98 Å². The topological polar surface area (TPSA) is 99.6 Å². The fourth-order valence-electron chi connectivity index (χ4n) is 3.64. The highest BCUT2D eigenvalue weighted by atomic mass is 16.6. The van der Waals surface area contributed by atoms with Gasteiger partial charge in [-0.05, 0) is 32.9 Å². The quantitative estimate of drug-likeness (QED) is 0.594. The number of carbonyl (C=O) groups excluding carboxylic acids is 1. The molecule has 1 aliphatic heterocycles. The largest absolute Gasteiger partial charge is 0.481 e. The molecule has 0 N–H and O–H groups in total. The average Bonchev–Trinajstić information content (AvgIpc) is 2.79. The third-order valence-corrected chi connectivity index (χ3v) is 5.29. The summed E-state index contributed by atoms with van der Waals surface area (Å²) in [6.07, 6.45) is 4.32. The van der Waals surface area contributed by atoms with Gasteiger partial charge < -0.3 is 19.1 Å². The first-order valence-corrected chi connectivity index (χ1v) is 10.7. The number of pyridine rings is 2. The van der Waals surface area contributed by atoms with Gasteiger partial charge in [0.2, 0.25) is 11.8 Å². The molecule has 1 fully saturated rings. The molecule has 1 saturated heterocycles. The van der Waals surface area contributed by atoms with Gasteiger partial charge >= 0.3 is 6.09 Å². The summed E-state index contributed by atoms with van der Waals surface area (Å²) in [7, 11) is 1.58. The van der Waals surface area contributed by atoms with Crippen LogP contribution in [-0.2, 0) is 4.74 Å². The maximum atomic E-state index is 12.1. The van der Waals surface area contributed by atoms with Crippen LogP contribution in [0.3, 0.4) is 0 Å². The lowest BCUT2D eigenvalue weighted by molar-refractivity contribution is 0.0511. The van der Waals surface area contributed by atoms with Gasteiger partial charge in [0.15, 0.2) is 5.82 Å². The second kappa shape index (κ2) is 9.33. The molecule has 0 spiro atoms. The predicted molar refractivity (Wildman–Crippen MR) is 119 cm³/mol. The Bertz CT molecular complexity index is 1110. The molecule has 4 heterocycles. The molecule has 168 valence electrons. The molecule has 0 aliphatic carbocycles. The number of likely N-dealkylation sites (tertiary alicyclic amines) is 1. The normalized spacial score (nSPS) is 14.6. The Labute approximate surface area is 186 Å². The number of rotatable bonds is 5. The first-order valence-electron chi connectivity index (χ1n) is 10.7. The van der Waals surface area contributed by atoms with Crippen molar-refractivity contribution >= 4 is 17.0 Å². The van der Waals surface area contributed by atoms with Gasteiger partial charge in [0.05, 0.1) is 36.0 Å². The van der Waals surface area contributed by atoms with Gasteiger partial charge in [0.25, 0.3) is 0 Å². The van der Waals surface area contributed by atoms with E-state index in [0.29, 0.717) is 49.0 Å². The summed E-state index contributed by atoms with van der Waals surface area (Å²) in [4.78, 5) is 31.9.